The molecule has 0 saturated carbocycles. The van der Waals surface area contributed by atoms with Crippen LogP contribution in [0.25, 0.3) is 11.0 Å². The lowest BCUT2D eigenvalue weighted by Gasteiger charge is -2.26. The lowest BCUT2D eigenvalue weighted by molar-refractivity contribution is -0.274. The minimum Gasteiger partial charge on any atom is -0.402 e. The van der Waals surface area contributed by atoms with E-state index in [9.17, 15) is 36.4 Å². The second-order valence-corrected chi connectivity index (χ2v) is 8.50. The number of aromatic amines is 1. The number of nitrogens with one attached hydrogen (secondary N) is 1. The highest BCUT2D eigenvalue weighted by Gasteiger charge is 2.33. The second-order valence-electron chi connectivity index (χ2n) is 8.50. The maximum absolute atomic E-state index is 13.0. The first-order valence-corrected chi connectivity index (χ1v) is 11.5. The Morgan fingerprint density at radius 2 is 1.80 bits per heavy atom. The molecule has 4 aromatic heterocycles. The monoisotopic (exact) mass is 567 g/mol. The molecule has 0 aliphatic carbocycles. The highest BCUT2D eigenvalue weighted by Crippen LogP contribution is 2.30. The smallest absolute Gasteiger partial charge is 0.402 e. The van der Waals surface area contributed by atoms with Crippen molar-refractivity contribution in [3.63, 3.8) is 0 Å². The maximum atomic E-state index is 13.0. The molecule has 4 heterocycles. The van der Waals surface area contributed by atoms with Crippen molar-refractivity contribution < 1.29 is 31.1 Å². The molecular formula is C23H19F6N9O2. The summed E-state index contributed by atoms with van der Waals surface area (Å²) in [4.78, 5) is 32.9. The van der Waals surface area contributed by atoms with E-state index in [2.05, 4.69) is 34.8 Å². The zero-order valence-corrected chi connectivity index (χ0v) is 20.9. The molecule has 0 aromatic carbocycles. The molecule has 0 saturated heterocycles. The first-order valence-electron chi connectivity index (χ1n) is 11.5. The molecule has 0 amide bonds. The average molecular weight is 567 g/mol. The van der Waals surface area contributed by atoms with Crippen molar-refractivity contribution in [3.8, 4) is 11.8 Å². The molecule has 0 fully saturated rings. The number of hydrogen-bond acceptors (Lipinski definition) is 9. The van der Waals surface area contributed by atoms with Gasteiger partial charge < -0.3 is 9.64 Å². The second kappa shape index (κ2) is 10.4. The zero-order chi connectivity index (χ0) is 29.4. The van der Waals surface area contributed by atoms with Crippen LogP contribution < -0.4 is 15.2 Å². The summed E-state index contributed by atoms with van der Waals surface area (Å²) >= 11 is 0. The van der Waals surface area contributed by atoms with E-state index in [4.69, 9.17) is 0 Å². The SMILES string of the molecule is CCC(c1ncc(OC(F)(F)F)cn1)N(C)c1nc2c(c(C#N)nn2C(C)c2ccc(C(F)(F)F)nc2)c(=O)[nH]1. The highest BCUT2D eigenvalue weighted by atomic mass is 19.4. The van der Waals surface area contributed by atoms with Crippen molar-refractivity contribution in [2.24, 2.45) is 0 Å². The number of hydrogen-bond donors (Lipinski definition) is 1. The Hall–Kier alpha value is -4.75. The fourth-order valence-corrected chi connectivity index (χ4v) is 3.97. The first-order chi connectivity index (χ1) is 18.7. The van der Waals surface area contributed by atoms with Crippen LogP contribution in [0.3, 0.4) is 0 Å². The van der Waals surface area contributed by atoms with E-state index in [-0.39, 0.29) is 28.5 Å². The third kappa shape index (κ3) is 5.65. The molecule has 2 atom stereocenters. The van der Waals surface area contributed by atoms with Gasteiger partial charge in [0.05, 0.1) is 24.5 Å². The van der Waals surface area contributed by atoms with Gasteiger partial charge in [-0.05, 0) is 25.0 Å². The Kier molecular flexibility index (Phi) is 7.37. The molecule has 4 rings (SSSR count). The van der Waals surface area contributed by atoms with Crippen LogP contribution in [0.5, 0.6) is 5.75 Å². The van der Waals surface area contributed by atoms with Crippen molar-refractivity contribution in [2.75, 3.05) is 11.9 Å². The van der Waals surface area contributed by atoms with Crippen LogP contribution in [0.4, 0.5) is 32.3 Å². The van der Waals surface area contributed by atoms with Crippen molar-refractivity contribution in [1.82, 2.24) is 34.7 Å². The van der Waals surface area contributed by atoms with Crippen molar-refractivity contribution in [3.05, 3.63) is 63.9 Å². The van der Waals surface area contributed by atoms with Gasteiger partial charge >= 0.3 is 12.5 Å². The number of ether oxygens (including phenoxy) is 1. The van der Waals surface area contributed by atoms with Gasteiger partial charge in [-0.3, -0.25) is 14.8 Å². The number of aromatic nitrogens is 7. The number of halogens is 6. The summed E-state index contributed by atoms with van der Waals surface area (Å²) in [6.07, 6.45) is -6.46. The average Bonchev–Trinajstić information content (AvgIpc) is 3.27. The Bertz CT molecular complexity index is 1610. The number of nitriles is 1. The van der Waals surface area contributed by atoms with Crippen LogP contribution >= 0.6 is 0 Å². The van der Waals surface area contributed by atoms with E-state index in [0.29, 0.717) is 12.0 Å². The van der Waals surface area contributed by atoms with Gasteiger partial charge in [0, 0.05) is 13.2 Å². The summed E-state index contributed by atoms with van der Waals surface area (Å²) in [5.41, 5.74) is -1.77. The molecule has 0 aliphatic rings. The highest BCUT2D eigenvalue weighted by molar-refractivity contribution is 5.81. The largest absolute Gasteiger partial charge is 0.573 e. The van der Waals surface area contributed by atoms with Gasteiger partial charge in [0.2, 0.25) is 5.95 Å². The molecular weight excluding hydrogens is 548 g/mol. The molecule has 11 nitrogen and oxygen atoms in total. The van der Waals surface area contributed by atoms with E-state index >= 15 is 0 Å². The van der Waals surface area contributed by atoms with E-state index in [0.717, 1.165) is 24.7 Å². The molecule has 40 heavy (non-hydrogen) atoms. The summed E-state index contributed by atoms with van der Waals surface area (Å²) in [6.45, 7) is 3.33. The summed E-state index contributed by atoms with van der Waals surface area (Å²) in [5.74, 6) is -0.508. The van der Waals surface area contributed by atoms with E-state index in [1.54, 1.807) is 13.8 Å². The van der Waals surface area contributed by atoms with Gasteiger partial charge in [0.25, 0.3) is 5.56 Å². The standard InChI is InChI=1S/C23H19F6N9O2/c1-4-15(18-32-9-13(10-33-18)40-23(27,28)29)37(3)21-34-19-17(20(39)35-21)14(7-30)36-38(19)11(2)12-5-6-16(31-8-12)22(24,25)26/h5-6,8-11,15H,4H2,1-3H3,(H,34,35,39). The van der Waals surface area contributed by atoms with Crippen molar-refractivity contribution >= 4 is 17.0 Å². The normalized spacial score (nSPS) is 13.6. The fraction of sp³-hybridized carbons (Fsp3) is 0.348. The summed E-state index contributed by atoms with van der Waals surface area (Å²) in [6, 6.07) is 2.38. The van der Waals surface area contributed by atoms with Crippen molar-refractivity contribution in [1.29, 1.82) is 5.26 Å². The van der Waals surface area contributed by atoms with Gasteiger partial charge in [0.1, 0.15) is 17.1 Å². The van der Waals surface area contributed by atoms with Gasteiger partial charge in [-0.25, -0.2) is 14.6 Å². The molecule has 0 radical (unpaired) electrons. The molecule has 17 heteroatoms. The van der Waals surface area contributed by atoms with Gasteiger partial charge in [0.15, 0.2) is 22.9 Å². The molecule has 0 bridgehead atoms. The fourth-order valence-electron chi connectivity index (χ4n) is 3.97. The Balaban J connectivity index is 1.73. The Morgan fingerprint density at radius 3 is 2.33 bits per heavy atom. The third-order valence-corrected chi connectivity index (χ3v) is 5.95. The van der Waals surface area contributed by atoms with Crippen LogP contribution in [-0.2, 0) is 6.18 Å². The quantitative estimate of drug-likeness (QED) is 0.324. The predicted octanol–water partition coefficient (Wildman–Crippen LogP) is 4.29. The molecule has 4 aromatic rings. The van der Waals surface area contributed by atoms with Crippen LogP contribution in [0, 0.1) is 11.3 Å². The minimum absolute atomic E-state index is 0.00745. The Morgan fingerprint density at radius 1 is 1.12 bits per heavy atom. The number of anilines is 1. The van der Waals surface area contributed by atoms with E-state index in [1.165, 1.54) is 22.7 Å². The molecule has 0 aliphatic heterocycles. The van der Waals surface area contributed by atoms with Crippen LogP contribution in [0.15, 0.2) is 35.5 Å². The topological polar surface area (TPSA) is 138 Å². The Labute approximate surface area is 221 Å². The van der Waals surface area contributed by atoms with Crippen LogP contribution in [-0.4, -0.2) is 48.1 Å². The van der Waals surface area contributed by atoms with E-state index < -0.39 is 41.6 Å². The maximum Gasteiger partial charge on any atom is 0.573 e. The number of H-pyrrole nitrogens is 1. The molecule has 2 unspecified atom stereocenters. The van der Waals surface area contributed by atoms with E-state index in [1.807, 2.05) is 6.07 Å². The summed E-state index contributed by atoms with van der Waals surface area (Å²) in [7, 11) is 1.54. The number of rotatable bonds is 7. The minimum atomic E-state index is -4.91. The number of nitrogens with zero attached hydrogens (tertiary/aromatic N) is 8. The van der Waals surface area contributed by atoms with Gasteiger partial charge in [-0.2, -0.15) is 28.5 Å². The lowest BCUT2D eigenvalue weighted by Crippen LogP contribution is -2.29. The lowest BCUT2D eigenvalue weighted by atomic mass is 10.1. The number of pyridine rings is 1. The first kappa shape index (κ1) is 28.3. The summed E-state index contributed by atoms with van der Waals surface area (Å²) in [5, 5.41) is 13.6. The number of alkyl halides is 6. The molecule has 0 spiro atoms. The molecule has 210 valence electrons. The molecule has 1 N–H and O–H groups in total. The van der Waals surface area contributed by atoms with Crippen LogP contribution in [0.1, 0.15) is 55.1 Å². The number of fused-ring (bicyclic) bond motifs is 1. The summed E-state index contributed by atoms with van der Waals surface area (Å²) < 4.78 is 81.2. The third-order valence-electron chi connectivity index (χ3n) is 5.95. The van der Waals surface area contributed by atoms with Gasteiger partial charge in [-0.15, -0.1) is 13.2 Å². The predicted molar refractivity (Wildman–Crippen MR) is 126 cm³/mol. The van der Waals surface area contributed by atoms with Crippen molar-refractivity contribution in [2.45, 2.75) is 44.9 Å². The zero-order valence-electron chi connectivity index (χ0n) is 20.9. The van der Waals surface area contributed by atoms with Gasteiger partial charge in [-0.1, -0.05) is 13.0 Å². The van der Waals surface area contributed by atoms with Crippen LogP contribution in [0.2, 0.25) is 0 Å².